The first-order chi connectivity index (χ1) is 25.4. The van der Waals surface area contributed by atoms with Gasteiger partial charge in [-0.15, -0.1) is 0 Å². The van der Waals surface area contributed by atoms with E-state index in [0.29, 0.717) is 13.1 Å². The van der Waals surface area contributed by atoms with Crippen molar-refractivity contribution in [2.24, 2.45) is 10.2 Å². The molecule has 0 atom stereocenters. The summed E-state index contributed by atoms with van der Waals surface area (Å²) in [6.07, 6.45) is 3.07. The minimum Gasteiger partial charge on any atom is -0.306 e. The number of hydrogen-bond donors (Lipinski definition) is 4. The number of para-hydroxylation sites is 4. The van der Waals surface area contributed by atoms with Crippen molar-refractivity contribution in [1.29, 1.82) is 10.8 Å². The first-order valence-electron chi connectivity index (χ1n) is 16.7. The molecule has 0 fully saturated rings. The molecule has 0 aliphatic rings. The van der Waals surface area contributed by atoms with E-state index in [1.54, 1.807) is 9.13 Å². The third kappa shape index (κ3) is 7.41. The second-order valence-corrected chi connectivity index (χ2v) is 12.2. The molecule has 0 saturated carbocycles. The van der Waals surface area contributed by atoms with Gasteiger partial charge in [-0.2, -0.15) is 10.2 Å². The normalized spacial score (nSPS) is 11.5. The molecule has 0 aliphatic heterocycles. The smallest absolute Gasteiger partial charge is 0.260 e. The molecule has 7 rings (SSSR count). The minimum absolute atomic E-state index is 0.0586. The van der Waals surface area contributed by atoms with Crippen LogP contribution >= 0.6 is 0 Å². The minimum atomic E-state index is -0.353. The van der Waals surface area contributed by atoms with E-state index in [-0.39, 0.29) is 36.1 Å². The van der Waals surface area contributed by atoms with E-state index in [2.05, 4.69) is 21.1 Å². The maximum Gasteiger partial charge on any atom is 0.260 e. The summed E-state index contributed by atoms with van der Waals surface area (Å²) in [6, 6.07) is 42.5. The summed E-state index contributed by atoms with van der Waals surface area (Å²) in [5, 5.41) is 25.8. The number of fused-ring (bicyclic) bond motifs is 2. The lowest BCUT2D eigenvalue weighted by atomic mass is 10.2. The Morgan fingerprint density at radius 2 is 0.808 bits per heavy atom. The summed E-state index contributed by atoms with van der Waals surface area (Å²) in [7, 11) is 0. The molecule has 7 aromatic rings. The first-order valence-corrected chi connectivity index (χ1v) is 16.7. The van der Waals surface area contributed by atoms with Crippen molar-refractivity contribution >= 4 is 46.3 Å². The summed E-state index contributed by atoms with van der Waals surface area (Å²) in [5.74, 6) is -0.707. The van der Waals surface area contributed by atoms with Crippen LogP contribution in [-0.2, 0) is 35.8 Å². The van der Waals surface area contributed by atoms with Gasteiger partial charge < -0.3 is 18.3 Å². The summed E-state index contributed by atoms with van der Waals surface area (Å²) in [6.45, 7) is 0.926. The van der Waals surface area contributed by atoms with E-state index in [1.165, 1.54) is 12.4 Å². The number of carbonyl (C=O) groups is 2. The monoisotopic (exact) mass is 688 g/mol. The van der Waals surface area contributed by atoms with Gasteiger partial charge in [-0.05, 0) is 46.5 Å². The van der Waals surface area contributed by atoms with Crippen LogP contribution in [0.5, 0.6) is 0 Å². The number of imidazole rings is 2. The van der Waals surface area contributed by atoms with Crippen LogP contribution in [0.15, 0.2) is 144 Å². The van der Waals surface area contributed by atoms with Crippen molar-refractivity contribution in [2.45, 2.75) is 26.2 Å². The van der Waals surface area contributed by atoms with Crippen molar-refractivity contribution in [3.8, 4) is 0 Å². The Morgan fingerprint density at radius 3 is 1.17 bits per heavy atom. The fourth-order valence-corrected chi connectivity index (χ4v) is 6.14. The molecule has 0 unspecified atom stereocenters. The number of aromatic nitrogens is 4. The average Bonchev–Trinajstić information content (AvgIpc) is 3.58. The third-order valence-electron chi connectivity index (χ3n) is 8.66. The fourth-order valence-electron chi connectivity index (χ4n) is 6.14. The predicted octanol–water partition coefficient (Wildman–Crippen LogP) is 4.56. The lowest BCUT2D eigenvalue weighted by Crippen LogP contribution is -2.31. The highest BCUT2D eigenvalue weighted by Gasteiger charge is 2.15. The maximum absolute atomic E-state index is 12.9. The van der Waals surface area contributed by atoms with Gasteiger partial charge in [-0.3, -0.25) is 20.4 Å². The second-order valence-electron chi connectivity index (χ2n) is 12.2. The molecule has 0 spiro atoms. The molecule has 4 N–H and O–H groups in total. The second kappa shape index (κ2) is 15.2. The SMILES string of the molecule is N=c1n(CC(=O)N/N=C/c2ccc(/C=N/NC(=O)Cn3c(=N)n(Cc4ccccc4)c4ccccc43)cc2)c2ccccc2n1Cc1ccccc1. The molecular weight excluding hydrogens is 653 g/mol. The van der Waals surface area contributed by atoms with Gasteiger partial charge in [0.1, 0.15) is 13.1 Å². The highest BCUT2D eigenvalue weighted by Crippen LogP contribution is 2.16. The molecular formula is C40H36N10O2. The highest BCUT2D eigenvalue weighted by atomic mass is 16.2. The number of hydrogen-bond acceptors (Lipinski definition) is 6. The third-order valence-corrected chi connectivity index (χ3v) is 8.66. The molecule has 258 valence electrons. The zero-order chi connectivity index (χ0) is 35.9. The average molecular weight is 689 g/mol. The number of hydrazone groups is 2. The van der Waals surface area contributed by atoms with Gasteiger partial charge in [-0.25, -0.2) is 10.9 Å². The van der Waals surface area contributed by atoms with Crippen LogP contribution in [0.25, 0.3) is 22.1 Å². The highest BCUT2D eigenvalue weighted by molar-refractivity contribution is 5.87. The number of carbonyl (C=O) groups excluding carboxylic acids is 2. The Kier molecular flexibility index (Phi) is 9.78. The van der Waals surface area contributed by atoms with Gasteiger partial charge >= 0.3 is 0 Å². The molecule has 2 amide bonds. The number of nitrogens with zero attached hydrogens (tertiary/aromatic N) is 6. The molecule has 12 nitrogen and oxygen atoms in total. The summed E-state index contributed by atoms with van der Waals surface area (Å²) in [4.78, 5) is 25.7. The van der Waals surface area contributed by atoms with Crippen molar-refractivity contribution in [2.75, 3.05) is 0 Å². The van der Waals surface area contributed by atoms with Gasteiger partial charge in [0.05, 0.1) is 47.6 Å². The Hall–Kier alpha value is -7.08. The Morgan fingerprint density at radius 1 is 0.481 bits per heavy atom. The topological polar surface area (TPSA) is 150 Å². The fraction of sp³-hybridized carbons (Fsp3) is 0.100. The van der Waals surface area contributed by atoms with Gasteiger partial charge in [-0.1, -0.05) is 109 Å². The lowest BCUT2D eigenvalue weighted by Gasteiger charge is -2.05. The van der Waals surface area contributed by atoms with Crippen LogP contribution in [0.4, 0.5) is 0 Å². The Labute approximate surface area is 298 Å². The van der Waals surface area contributed by atoms with Crippen LogP contribution in [0, 0.1) is 10.8 Å². The molecule has 12 heteroatoms. The predicted molar refractivity (Wildman–Crippen MR) is 201 cm³/mol. The van der Waals surface area contributed by atoms with E-state index in [1.807, 2.05) is 143 Å². The number of benzene rings is 5. The van der Waals surface area contributed by atoms with Crippen LogP contribution in [0.3, 0.4) is 0 Å². The Bertz CT molecular complexity index is 2360. The van der Waals surface area contributed by atoms with E-state index in [0.717, 1.165) is 44.3 Å². The van der Waals surface area contributed by atoms with Crippen molar-refractivity contribution < 1.29 is 9.59 Å². The van der Waals surface area contributed by atoms with Crippen LogP contribution in [0.1, 0.15) is 22.3 Å². The largest absolute Gasteiger partial charge is 0.306 e. The molecule has 0 saturated heterocycles. The van der Waals surface area contributed by atoms with E-state index in [4.69, 9.17) is 10.8 Å². The first kappa shape index (κ1) is 33.4. The zero-order valence-corrected chi connectivity index (χ0v) is 28.2. The Balaban J connectivity index is 0.939. The van der Waals surface area contributed by atoms with Gasteiger partial charge in [0.25, 0.3) is 11.8 Å². The number of nitrogens with one attached hydrogen (secondary N) is 4. The molecule has 2 aromatic heterocycles. The van der Waals surface area contributed by atoms with Crippen LogP contribution < -0.4 is 22.1 Å². The molecule has 5 aromatic carbocycles. The maximum atomic E-state index is 12.9. The molecule has 0 bridgehead atoms. The van der Waals surface area contributed by atoms with Crippen molar-refractivity contribution in [3.63, 3.8) is 0 Å². The van der Waals surface area contributed by atoms with E-state index in [9.17, 15) is 9.59 Å². The van der Waals surface area contributed by atoms with Gasteiger partial charge in [0.2, 0.25) is 11.2 Å². The van der Waals surface area contributed by atoms with Crippen molar-refractivity contribution in [3.05, 3.63) is 167 Å². The lowest BCUT2D eigenvalue weighted by molar-refractivity contribution is -0.122. The molecule has 0 radical (unpaired) electrons. The summed E-state index contributed by atoms with van der Waals surface area (Å²) >= 11 is 0. The van der Waals surface area contributed by atoms with E-state index < -0.39 is 0 Å². The molecule has 2 heterocycles. The van der Waals surface area contributed by atoms with Gasteiger partial charge in [0, 0.05) is 0 Å². The van der Waals surface area contributed by atoms with Gasteiger partial charge in [0.15, 0.2) is 0 Å². The summed E-state index contributed by atoms with van der Waals surface area (Å²) in [5.41, 5.74) is 12.6. The van der Waals surface area contributed by atoms with Crippen LogP contribution in [-0.4, -0.2) is 42.5 Å². The zero-order valence-electron chi connectivity index (χ0n) is 28.2. The number of rotatable bonds is 12. The van der Waals surface area contributed by atoms with E-state index >= 15 is 0 Å². The molecule has 52 heavy (non-hydrogen) atoms. The quantitative estimate of drug-likeness (QED) is 0.110. The molecule has 0 aliphatic carbocycles. The van der Waals surface area contributed by atoms with Crippen LogP contribution in [0.2, 0.25) is 0 Å². The number of amides is 2. The standard InChI is InChI=1S/C40H36N10O2/c41-39-47(25-31-11-3-1-4-12-31)33-15-7-9-17-35(33)49(39)27-37(51)45-43-23-29-19-21-30(22-20-29)24-44-46-38(52)28-50-36-18-10-8-16-34(36)48(40(50)42)26-32-13-5-2-6-14-32/h1-24,41-42H,25-28H2,(H,45,51)(H,46,52)/b41-39?,42-40?,43-23+,44-24+. The summed E-state index contributed by atoms with van der Waals surface area (Å²) < 4.78 is 7.11. The van der Waals surface area contributed by atoms with Crippen molar-refractivity contribution in [1.82, 2.24) is 29.1 Å².